The summed E-state index contributed by atoms with van der Waals surface area (Å²) in [6.45, 7) is 3.09. The van der Waals surface area contributed by atoms with Crippen LogP contribution in [0.25, 0.3) is 0 Å². The molecular formula is C14H21NO4. The van der Waals surface area contributed by atoms with Gasteiger partial charge in [0.2, 0.25) is 0 Å². The minimum absolute atomic E-state index is 0.123. The standard InChI is InChI=1S/C14H21NO4/c1-9-13(14(17)18)6-12(19-9)8-15-7-10-2-4-11(16)5-3-10/h6,10-11,15-16H,2-5,7-8H2,1H3,(H,17,18). The molecule has 1 fully saturated rings. The van der Waals surface area contributed by atoms with Gasteiger partial charge in [0.1, 0.15) is 17.1 Å². The van der Waals surface area contributed by atoms with Crippen molar-refractivity contribution in [3.8, 4) is 0 Å². The summed E-state index contributed by atoms with van der Waals surface area (Å²) in [6, 6.07) is 1.58. The topological polar surface area (TPSA) is 82.7 Å². The van der Waals surface area contributed by atoms with Crippen LogP contribution in [0.3, 0.4) is 0 Å². The lowest BCUT2D eigenvalue weighted by Crippen LogP contribution is -2.27. The number of hydrogen-bond acceptors (Lipinski definition) is 4. The number of aliphatic hydroxyl groups is 1. The maximum Gasteiger partial charge on any atom is 0.339 e. The number of furan rings is 1. The van der Waals surface area contributed by atoms with Gasteiger partial charge in [-0.25, -0.2) is 4.79 Å². The minimum Gasteiger partial charge on any atom is -0.478 e. The highest BCUT2D eigenvalue weighted by Gasteiger charge is 2.19. The van der Waals surface area contributed by atoms with Gasteiger partial charge in [0.25, 0.3) is 0 Å². The Bertz CT molecular complexity index is 433. The van der Waals surface area contributed by atoms with Crippen molar-refractivity contribution in [3.63, 3.8) is 0 Å². The minimum atomic E-state index is -0.950. The van der Waals surface area contributed by atoms with Gasteiger partial charge in [0.15, 0.2) is 0 Å². The number of rotatable bonds is 5. The van der Waals surface area contributed by atoms with Crippen molar-refractivity contribution >= 4 is 5.97 Å². The Hall–Kier alpha value is -1.33. The van der Waals surface area contributed by atoms with E-state index in [9.17, 15) is 9.90 Å². The van der Waals surface area contributed by atoms with Crippen molar-refractivity contribution in [1.82, 2.24) is 5.32 Å². The zero-order valence-corrected chi connectivity index (χ0v) is 11.2. The molecule has 0 radical (unpaired) electrons. The zero-order chi connectivity index (χ0) is 13.8. The van der Waals surface area contributed by atoms with E-state index in [1.807, 2.05) is 0 Å². The van der Waals surface area contributed by atoms with E-state index in [1.165, 1.54) is 0 Å². The Morgan fingerprint density at radius 2 is 2.11 bits per heavy atom. The fraction of sp³-hybridized carbons (Fsp3) is 0.643. The molecule has 3 N–H and O–H groups in total. The van der Waals surface area contributed by atoms with Crippen LogP contribution in [-0.2, 0) is 6.54 Å². The van der Waals surface area contributed by atoms with Crippen molar-refractivity contribution in [2.75, 3.05) is 6.54 Å². The second-order valence-corrected chi connectivity index (χ2v) is 5.29. The fourth-order valence-corrected chi connectivity index (χ4v) is 2.59. The van der Waals surface area contributed by atoms with E-state index >= 15 is 0 Å². The second-order valence-electron chi connectivity index (χ2n) is 5.29. The predicted molar refractivity (Wildman–Crippen MR) is 70.1 cm³/mol. The molecule has 0 unspecified atom stereocenters. The van der Waals surface area contributed by atoms with Gasteiger partial charge >= 0.3 is 5.97 Å². The van der Waals surface area contributed by atoms with Gasteiger partial charge in [-0.15, -0.1) is 0 Å². The van der Waals surface area contributed by atoms with Gasteiger partial charge in [-0.2, -0.15) is 0 Å². The average Bonchev–Trinajstić information content (AvgIpc) is 2.73. The number of aromatic carboxylic acids is 1. The van der Waals surface area contributed by atoms with Gasteiger partial charge in [0.05, 0.1) is 12.6 Å². The Labute approximate surface area is 112 Å². The van der Waals surface area contributed by atoms with E-state index in [2.05, 4.69) is 5.32 Å². The number of carboxylic acids is 1. The molecule has 5 heteroatoms. The number of carbonyl (C=O) groups is 1. The second kappa shape index (κ2) is 6.21. The third kappa shape index (κ3) is 3.81. The molecule has 0 saturated heterocycles. The lowest BCUT2D eigenvalue weighted by atomic mass is 9.87. The lowest BCUT2D eigenvalue weighted by molar-refractivity contribution is 0.0695. The van der Waals surface area contributed by atoms with Crippen LogP contribution in [0.4, 0.5) is 0 Å². The largest absolute Gasteiger partial charge is 0.478 e. The number of carboxylic acid groups (broad SMARTS) is 1. The Morgan fingerprint density at radius 1 is 1.42 bits per heavy atom. The highest BCUT2D eigenvalue weighted by molar-refractivity contribution is 5.88. The van der Waals surface area contributed by atoms with Gasteiger partial charge < -0.3 is 19.9 Å². The molecule has 0 spiro atoms. The molecule has 0 amide bonds. The van der Waals surface area contributed by atoms with Crippen LogP contribution in [0.15, 0.2) is 10.5 Å². The smallest absolute Gasteiger partial charge is 0.339 e. The molecule has 1 aromatic heterocycles. The highest BCUT2D eigenvalue weighted by Crippen LogP contribution is 2.23. The van der Waals surface area contributed by atoms with E-state index in [0.29, 0.717) is 24.0 Å². The van der Waals surface area contributed by atoms with E-state index in [-0.39, 0.29) is 11.7 Å². The molecule has 5 nitrogen and oxygen atoms in total. The molecule has 0 aromatic carbocycles. The van der Waals surface area contributed by atoms with E-state index < -0.39 is 5.97 Å². The molecule has 1 aliphatic rings. The summed E-state index contributed by atoms with van der Waals surface area (Å²) in [6.07, 6.45) is 3.74. The summed E-state index contributed by atoms with van der Waals surface area (Å²) in [5, 5.41) is 21.7. The number of aliphatic hydroxyl groups excluding tert-OH is 1. The third-order valence-electron chi connectivity index (χ3n) is 3.75. The van der Waals surface area contributed by atoms with Crippen LogP contribution < -0.4 is 5.32 Å². The summed E-state index contributed by atoms with van der Waals surface area (Å²) in [5.74, 6) is 0.753. The van der Waals surface area contributed by atoms with Crippen molar-refractivity contribution in [3.05, 3.63) is 23.2 Å². The summed E-state index contributed by atoms with van der Waals surface area (Å²) in [4.78, 5) is 10.9. The van der Waals surface area contributed by atoms with Gasteiger partial charge in [-0.3, -0.25) is 0 Å². The van der Waals surface area contributed by atoms with E-state index in [4.69, 9.17) is 9.52 Å². The molecule has 1 heterocycles. The zero-order valence-electron chi connectivity index (χ0n) is 11.2. The van der Waals surface area contributed by atoms with Gasteiger partial charge in [-0.05, 0) is 51.1 Å². The van der Waals surface area contributed by atoms with Gasteiger partial charge in [0, 0.05) is 0 Å². The first kappa shape index (κ1) is 14.1. The Balaban J connectivity index is 1.76. The molecular weight excluding hydrogens is 246 g/mol. The van der Waals surface area contributed by atoms with Crippen LogP contribution >= 0.6 is 0 Å². The first-order chi connectivity index (χ1) is 9.06. The van der Waals surface area contributed by atoms with Crippen LogP contribution in [0.5, 0.6) is 0 Å². The summed E-state index contributed by atoms with van der Waals surface area (Å²) < 4.78 is 5.40. The third-order valence-corrected chi connectivity index (χ3v) is 3.75. The fourth-order valence-electron chi connectivity index (χ4n) is 2.59. The average molecular weight is 267 g/mol. The maximum absolute atomic E-state index is 10.9. The molecule has 106 valence electrons. The molecule has 0 aliphatic heterocycles. The van der Waals surface area contributed by atoms with Crippen LogP contribution in [-0.4, -0.2) is 28.8 Å². The molecule has 1 saturated carbocycles. The molecule has 1 aliphatic carbocycles. The molecule has 1 aromatic rings. The van der Waals surface area contributed by atoms with Crippen molar-refractivity contribution < 1.29 is 19.4 Å². The molecule has 19 heavy (non-hydrogen) atoms. The SMILES string of the molecule is Cc1oc(CNCC2CCC(O)CC2)cc1C(=O)O. The van der Waals surface area contributed by atoms with E-state index in [0.717, 1.165) is 32.2 Å². The quantitative estimate of drug-likeness (QED) is 0.759. The number of aryl methyl sites for hydroxylation is 1. The summed E-state index contributed by atoms with van der Waals surface area (Å²) >= 11 is 0. The first-order valence-corrected chi connectivity index (χ1v) is 6.77. The number of nitrogens with one attached hydrogen (secondary N) is 1. The van der Waals surface area contributed by atoms with E-state index in [1.54, 1.807) is 13.0 Å². The van der Waals surface area contributed by atoms with Crippen molar-refractivity contribution in [2.45, 2.75) is 45.3 Å². The molecule has 2 rings (SSSR count). The summed E-state index contributed by atoms with van der Waals surface area (Å²) in [5.41, 5.74) is 0.234. The van der Waals surface area contributed by atoms with Crippen LogP contribution in [0.1, 0.15) is 47.6 Å². The molecule has 0 bridgehead atoms. The Morgan fingerprint density at radius 3 is 2.68 bits per heavy atom. The maximum atomic E-state index is 10.9. The van der Waals surface area contributed by atoms with Crippen LogP contribution in [0, 0.1) is 12.8 Å². The Kier molecular flexibility index (Phi) is 4.61. The highest BCUT2D eigenvalue weighted by atomic mass is 16.4. The molecule has 0 atom stereocenters. The van der Waals surface area contributed by atoms with Gasteiger partial charge in [-0.1, -0.05) is 0 Å². The lowest BCUT2D eigenvalue weighted by Gasteiger charge is -2.25. The van der Waals surface area contributed by atoms with Crippen LogP contribution in [0.2, 0.25) is 0 Å². The van der Waals surface area contributed by atoms with Crippen molar-refractivity contribution in [2.24, 2.45) is 5.92 Å². The first-order valence-electron chi connectivity index (χ1n) is 6.77. The van der Waals surface area contributed by atoms with Crippen molar-refractivity contribution in [1.29, 1.82) is 0 Å². The predicted octanol–water partition coefficient (Wildman–Crippen LogP) is 1.93. The normalized spacial score (nSPS) is 23.5. The summed E-state index contributed by atoms with van der Waals surface area (Å²) in [7, 11) is 0. The monoisotopic (exact) mass is 267 g/mol. The number of hydrogen-bond donors (Lipinski definition) is 3.